The Morgan fingerprint density at radius 3 is 2.03 bits per heavy atom. The summed E-state index contributed by atoms with van der Waals surface area (Å²) in [5.41, 5.74) is -1.40. The fourth-order valence-corrected chi connectivity index (χ4v) is 4.97. The van der Waals surface area contributed by atoms with Crippen molar-refractivity contribution < 1.29 is 50.5 Å². The van der Waals surface area contributed by atoms with Crippen molar-refractivity contribution in [2.24, 2.45) is 10.2 Å². The molecule has 0 aliphatic rings. The molecule has 18 heteroatoms. The van der Waals surface area contributed by atoms with E-state index in [9.17, 15) is 50.5 Å². The molecule has 177 valence electrons. The van der Waals surface area contributed by atoms with Crippen LogP contribution >= 0.6 is 19.2 Å². The Morgan fingerprint density at radius 2 is 1.50 bits per heavy atom. The molecule has 0 heterocycles. The quantitative estimate of drug-likeness (QED) is 0.114. The standard InChI is InChI=1S/C16H12ClN2O11PS2.Na/c17-8-1-2-10(12(5-8)31(22,23)24)18-19-15-13(33(28,29)30)4-7-3-9(32(25,26)27)6-11(20)14(7)16(15)21;/h1-6,20-21H,(H2,22,23,24)(H,25,26,27)(H,28,29,30);. The SMILES string of the molecule is O=P(O)(O)c1cc(Cl)ccc1N=Nc1c(S(=O)(=O)O)cc2cc(S(=O)(=O)O)cc(O)c2c1O.[Na]. The maximum absolute atomic E-state index is 11.9. The van der Waals surface area contributed by atoms with E-state index in [1.165, 1.54) is 6.07 Å². The Labute approximate surface area is 218 Å². The molecule has 3 aromatic rings. The van der Waals surface area contributed by atoms with Crippen molar-refractivity contribution in [3.63, 3.8) is 0 Å². The third-order valence-electron chi connectivity index (χ3n) is 4.19. The summed E-state index contributed by atoms with van der Waals surface area (Å²) in [5.74, 6) is -1.98. The minimum absolute atomic E-state index is 0. The van der Waals surface area contributed by atoms with Crippen LogP contribution in [0.4, 0.5) is 11.4 Å². The Bertz CT molecular complexity index is 1610. The second kappa shape index (κ2) is 9.79. The molecule has 6 N–H and O–H groups in total. The van der Waals surface area contributed by atoms with Crippen LogP contribution in [0.15, 0.2) is 56.4 Å². The molecule has 13 nitrogen and oxygen atoms in total. The molecular weight excluding hydrogens is 550 g/mol. The van der Waals surface area contributed by atoms with E-state index in [2.05, 4.69) is 10.2 Å². The van der Waals surface area contributed by atoms with Gasteiger partial charge in [-0.15, -0.1) is 10.2 Å². The van der Waals surface area contributed by atoms with E-state index in [-0.39, 0.29) is 34.6 Å². The molecule has 0 aromatic heterocycles. The van der Waals surface area contributed by atoms with E-state index in [1.54, 1.807) is 0 Å². The first-order valence-electron chi connectivity index (χ1n) is 8.25. The molecule has 34 heavy (non-hydrogen) atoms. The van der Waals surface area contributed by atoms with Gasteiger partial charge in [-0.3, -0.25) is 13.7 Å². The smallest absolute Gasteiger partial charge is 0.358 e. The predicted octanol–water partition coefficient (Wildman–Crippen LogP) is 2.24. The molecule has 0 unspecified atom stereocenters. The van der Waals surface area contributed by atoms with Crippen LogP contribution in [0.5, 0.6) is 11.5 Å². The second-order valence-electron chi connectivity index (χ2n) is 6.44. The molecule has 0 amide bonds. The summed E-state index contributed by atoms with van der Waals surface area (Å²) >= 11 is 5.72. The van der Waals surface area contributed by atoms with Gasteiger partial charge in [0.25, 0.3) is 20.2 Å². The Kier molecular flexibility index (Phi) is 8.24. The molecule has 0 atom stereocenters. The number of halogens is 1. The average molecular weight is 562 g/mol. The van der Waals surface area contributed by atoms with Gasteiger partial charge in [0, 0.05) is 40.6 Å². The van der Waals surface area contributed by atoms with Crippen LogP contribution in [-0.4, -0.2) is 75.5 Å². The fraction of sp³-hybridized carbons (Fsp3) is 0. The van der Waals surface area contributed by atoms with Gasteiger partial charge in [-0.25, -0.2) is 0 Å². The van der Waals surface area contributed by atoms with Gasteiger partial charge in [0.05, 0.1) is 15.6 Å². The van der Waals surface area contributed by atoms with Crippen LogP contribution in [0.2, 0.25) is 5.02 Å². The minimum atomic E-state index is -5.14. The van der Waals surface area contributed by atoms with Gasteiger partial charge in [0.1, 0.15) is 22.0 Å². The Hall–Kier alpha value is -1.62. The van der Waals surface area contributed by atoms with Crippen molar-refractivity contribution in [3.05, 3.63) is 41.4 Å². The zero-order valence-electron chi connectivity index (χ0n) is 16.7. The topological polar surface area (TPSA) is 231 Å². The molecule has 0 fully saturated rings. The molecule has 3 rings (SSSR count). The average Bonchev–Trinajstić information content (AvgIpc) is 2.65. The molecule has 0 saturated carbocycles. The summed E-state index contributed by atoms with van der Waals surface area (Å²) < 4.78 is 76.9. The van der Waals surface area contributed by atoms with Crippen molar-refractivity contribution in [1.29, 1.82) is 0 Å². The van der Waals surface area contributed by atoms with Gasteiger partial charge in [0.15, 0.2) is 5.75 Å². The van der Waals surface area contributed by atoms with Gasteiger partial charge in [-0.2, -0.15) is 16.8 Å². The van der Waals surface area contributed by atoms with Gasteiger partial charge in [0.2, 0.25) is 0 Å². The zero-order chi connectivity index (χ0) is 24.9. The largest absolute Gasteiger partial charge is 0.507 e. The molecular formula is C16H12ClN2NaO11PS2. The van der Waals surface area contributed by atoms with Crippen molar-refractivity contribution in [3.8, 4) is 11.5 Å². The number of aromatic hydroxyl groups is 2. The summed E-state index contributed by atoms with van der Waals surface area (Å²) in [5, 5.41) is 26.0. The van der Waals surface area contributed by atoms with Crippen LogP contribution in [0.1, 0.15) is 0 Å². The van der Waals surface area contributed by atoms with Crippen molar-refractivity contribution in [1.82, 2.24) is 0 Å². The number of azo groups is 1. The van der Waals surface area contributed by atoms with Crippen LogP contribution in [0.25, 0.3) is 10.8 Å². The first kappa shape index (κ1) is 28.6. The van der Waals surface area contributed by atoms with E-state index in [0.717, 1.165) is 12.1 Å². The van der Waals surface area contributed by atoms with E-state index in [4.69, 9.17) is 11.6 Å². The minimum Gasteiger partial charge on any atom is -0.507 e. The fourth-order valence-electron chi connectivity index (χ4n) is 2.80. The number of hydrogen-bond acceptors (Lipinski definition) is 9. The number of fused-ring (bicyclic) bond motifs is 1. The van der Waals surface area contributed by atoms with Gasteiger partial charge in [-0.1, -0.05) is 11.6 Å². The number of rotatable bonds is 5. The van der Waals surface area contributed by atoms with Crippen LogP contribution in [-0.2, 0) is 24.8 Å². The molecule has 0 saturated heterocycles. The first-order valence-corrected chi connectivity index (χ1v) is 13.1. The maximum Gasteiger partial charge on any atom is 0.358 e. The summed E-state index contributed by atoms with van der Waals surface area (Å²) in [6.45, 7) is 0. The number of nitrogens with zero attached hydrogens (tertiary/aromatic N) is 2. The summed E-state index contributed by atoms with van der Waals surface area (Å²) in [6.07, 6.45) is 0. The molecule has 1 radical (unpaired) electrons. The molecule has 0 bridgehead atoms. The molecule has 0 aliphatic carbocycles. The summed E-state index contributed by atoms with van der Waals surface area (Å²) in [7, 11) is -14.9. The number of hydrogen-bond donors (Lipinski definition) is 6. The molecule has 0 aliphatic heterocycles. The number of phenolic OH excluding ortho intramolecular Hbond substituents is 2. The van der Waals surface area contributed by atoms with Gasteiger partial charge in [-0.05, 0) is 35.7 Å². The zero-order valence-corrected chi connectivity index (χ0v) is 22.0. The van der Waals surface area contributed by atoms with E-state index < -0.39 is 76.6 Å². The van der Waals surface area contributed by atoms with Crippen LogP contribution in [0, 0.1) is 0 Å². The number of benzene rings is 3. The third kappa shape index (κ3) is 5.95. The van der Waals surface area contributed by atoms with Crippen molar-refractivity contribution in [2.75, 3.05) is 0 Å². The van der Waals surface area contributed by atoms with E-state index in [1.807, 2.05) is 0 Å². The van der Waals surface area contributed by atoms with E-state index >= 15 is 0 Å². The van der Waals surface area contributed by atoms with Crippen molar-refractivity contribution >= 4 is 96.4 Å². The third-order valence-corrected chi connectivity index (χ3v) is 7.11. The van der Waals surface area contributed by atoms with Crippen LogP contribution in [0.3, 0.4) is 0 Å². The van der Waals surface area contributed by atoms with E-state index in [0.29, 0.717) is 18.2 Å². The summed E-state index contributed by atoms with van der Waals surface area (Å²) in [4.78, 5) is 17.0. The second-order valence-corrected chi connectivity index (χ2v) is 11.3. The molecule has 3 aromatic carbocycles. The number of phenols is 2. The van der Waals surface area contributed by atoms with Crippen LogP contribution < -0.4 is 5.30 Å². The first-order chi connectivity index (χ1) is 15.0. The summed E-state index contributed by atoms with van der Waals surface area (Å²) in [6, 6.07) is 5.05. The Balaban J connectivity index is 0.00000408. The predicted molar refractivity (Wildman–Crippen MR) is 120 cm³/mol. The van der Waals surface area contributed by atoms with Gasteiger partial charge >= 0.3 is 7.60 Å². The van der Waals surface area contributed by atoms with Gasteiger partial charge < -0.3 is 20.0 Å². The Morgan fingerprint density at radius 1 is 0.882 bits per heavy atom. The molecule has 0 spiro atoms. The van der Waals surface area contributed by atoms with Crippen molar-refractivity contribution in [2.45, 2.75) is 9.79 Å². The normalized spacial score (nSPS) is 12.7. The maximum atomic E-state index is 11.9. The monoisotopic (exact) mass is 561 g/mol.